The van der Waals surface area contributed by atoms with Gasteiger partial charge < -0.3 is 25.2 Å². The summed E-state index contributed by atoms with van der Waals surface area (Å²) in [6, 6.07) is -1.54. The summed E-state index contributed by atoms with van der Waals surface area (Å²) >= 11 is 0. The number of carboxylic acids is 1. The molecule has 0 heterocycles. The minimum absolute atomic E-state index is 0.0319. The van der Waals surface area contributed by atoms with E-state index in [1.54, 1.807) is 0 Å². The van der Waals surface area contributed by atoms with Crippen molar-refractivity contribution in [3.63, 3.8) is 0 Å². The van der Waals surface area contributed by atoms with Crippen LogP contribution < -0.4 is 5.73 Å². The molecule has 3 unspecified atom stereocenters. The van der Waals surface area contributed by atoms with E-state index in [2.05, 4.69) is 85.2 Å². The molecular formula is C52H88NO10P. The number of rotatable bonds is 45. The average Bonchev–Trinajstić information content (AvgIpc) is 3.27. The topological polar surface area (TPSA) is 172 Å². The van der Waals surface area contributed by atoms with Crippen molar-refractivity contribution in [2.75, 3.05) is 19.8 Å². The van der Waals surface area contributed by atoms with E-state index in [0.29, 0.717) is 19.3 Å². The third kappa shape index (κ3) is 45.2. The lowest BCUT2D eigenvalue weighted by Gasteiger charge is -2.20. The van der Waals surface area contributed by atoms with Crippen molar-refractivity contribution in [3.8, 4) is 0 Å². The molecule has 366 valence electrons. The van der Waals surface area contributed by atoms with E-state index in [4.69, 9.17) is 24.8 Å². The second-order valence-electron chi connectivity index (χ2n) is 16.2. The van der Waals surface area contributed by atoms with Crippen LogP contribution in [0, 0.1) is 0 Å². The fraction of sp³-hybridized carbons (Fsp3) is 0.673. The highest BCUT2D eigenvalue weighted by Gasteiger charge is 2.28. The first-order chi connectivity index (χ1) is 31.1. The zero-order valence-electron chi connectivity index (χ0n) is 39.8. The van der Waals surface area contributed by atoms with E-state index in [0.717, 1.165) is 51.4 Å². The molecular weight excluding hydrogens is 830 g/mol. The predicted octanol–water partition coefficient (Wildman–Crippen LogP) is 13.8. The second-order valence-corrected chi connectivity index (χ2v) is 17.7. The number of aliphatic carboxylic acids is 1. The number of hydrogen-bond donors (Lipinski definition) is 3. The van der Waals surface area contributed by atoms with Crippen molar-refractivity contribution >= 4 is 25.7 Å². The lowest BCUT2D eigenvalue weighted by atomic mass is 10.1. The number of carboxylic acid groups (broad SMARTS) is 1. The van der Waals surface area contributed by atoms with Gasteiger partial charge in [-0.15, -0.1) is 0 Å². The SMILES string of the molecule is CC/C=C\C/C=C\C/C=C\C/C=C\C/C=C\C/C=C\CCC(=O)OC(COC(=O)CCCCCCCCCCC/C=C\CCCCCCCCCC)COP(=O)(O)OCC(N)C(=O)O. The van der Waals surface area contributed by atoms with E-state index < -0.39 is 51.1 Å². The molecule has 0 spiro atoms. The molecule has 3 atom stereocenters. The van der Waals surface area contributed by atoms with Gasteiger partial charge in [0, 0.05) is 12.8 Å². The van der Waals surface area contributed by atoms with Gasteiger partial charge in [-0.1, -0.05) is 189 Å². The van der Waals surface area contributed by atoms with Crippen LogP contribution in [0.1, 0.15) is 194 Å². The maximum absolute atomic E-state index is 12.6. The minimum Gasteiger partial charge on any atom is -0.480 e. The minimum atomic E-state index is -4.75. The Hall–Kier alpha value is -3.34. The summed E-state index contributed by atoms with van der Waals surface area (Å²) in [6.07, 6.45) is 58.1. The number of phosphoric acid groups is 1. The summed E-state index contributed by atoms with van der Waals surface area (Å²) in [5.41, 5.74) is 5.34. The molecule has 0 aliphatic rings. The first-order valence-corrected chi connectivity index (χ1v) is 26.1. The Morgan fingerprint density at radius 1 is 0.500 bits per heavy atom. The first kappa shape index (κ1) is 60.7. The van der Waals surface area contributed by atoms with Crippen molar-refractivity contribution in [2.45, 2.75) is 206 Å². The number of unbranched alkanes of at least 4 members (excludes halogenated alkanes) is 17. The fourth-order valence-electron chi connectivity index (χ4n) is 6.32. The van der Waals surface area contributed by atoms with Gasteiger partial charge in [-0.2, -0.15) is 0 Å². The summed E-state index contributed by atoms with van der Waals surface area (Å²) in [5.74, 6) is -2.49. The Morgan fingerprint density at radius 2 is 0.906 bits per heavy atom. The molecule has 11 nitrogen and oxygen atoms in total. The smallest absolute Gasteiger partial charge is 0.472 e. The summed E-state index contributed by atoms with van der Waals surface area (Å²) in [5, 5.41) is 8.91. The van der Waals surface area contributed by atoms with E-state index in [1.165, 1.54) is 96.3 Å². The van der Waals surface area contributed by atoms with Crippen LogP contribution in [0.5, 0.6) is 0 Å². The lowest BCUT2D eigenvalue weighted by molar-refractivity contribution is -0.161. The Morgan fingerprint density at radius 3 is 1.38 bits per heavy atom. The number of carbonyl (C=O) groups is 3. The van der Waals surface area contributed by atoms with Crippen LogP contribution >= 0.6 is 7.82 Å². The Balaban J connectivity index is 4.39. The van der Waals surface area contributed by atoms with Crippen molar-refractivity contribution in [1.82, 2.24) is 0 Å². The maximum atomic E-state index is 12.6. The monoisotopic (exact) mass is 918 g/mol. The first-order valence-electron chi connectivity index (χ1n) is 24.6. The summed E-state index contributed by atoms with van der Waals surface area (Å²) in [6.45, 7) is 2.62. The van der Waals surface area contributed by atoms with E-state index in [9.17, 15) is 23.8 Å². The Labute approximate surface area is 388 Å². The fourth-order valence-corrected chi connectivity index (χ4v) is 7.10. The highest BCUT2D eigenvalue weighted by Crippen LogP contribution is 2.43. The van der Waals surface area contributed by atoms with Gasteiger partial charge >= 0.3 is 25.7 Å². The summed E-state index contributed by atoms with van der Waals surface area (Å²) < 4.78 is 32.7. The van der Waals surface area contributed by atoms with E-state index in [-0.39, 0.29) is 19.4 Å². The maximum Gasteiger partial charge on any atom is 0.472 e. The van der Waals surface area contributed by atoms with Crippen molar-refractivity contribution in [3.05, 3.63) is 85.1 Å². The van der Waals surface area contributed by atoms with Crippen LogP contribution in [0.2, 0.25) is 0 Å². The van der Waals surface area contributed by atoms with Gasteiger partial charge in [0.2, 0.25) is 0 Å². The number of ether oxygens (including phenoxy) is 2. The van der Waals surface area contributed by atoms with Crippen molar-refractivity contribution in [1.29, 1.82) is 0 Å². The number of carbonyl (C=O) groups excluding carboxylic acids is 2. The van der Waals surface area contributed by atoms with Gasteiger partial charge in [0.25, 0.3) is 0 Å². The van der Waals surface area contributed by atoms with Crippen LogP contribution in [0.4, 0.5) is 0 Å². The summed E-state index contributed by atoms with van der Waals surface area (Å²) in [7, 11) is -4.75. The molecule has 0 aromatic rings. The van der Waals surface area contributed by atoms with Gasteiger partial charge in [0.1, 0.15) is 12.6 Å². The zero-order chi connectivity index (χ0) is 47.0. The highest BCUT2D eigenvalue weighted by atomic mass is 31.2. The molecule has 0 saturated heterocycles. The molecule has 0 aromatic carbocycles. The van der Waals surface area contributed by atoms with Crippen LogP contribution in [0.15, 0.2) is 85.1 Å². The molecule has 64 heavy (non-hydrogen) atoms. The molecule has 0 aliphatic heterocycles. The number of hydrogen-bond acceptors (Lipinski definition) is 9. The Bertz CT molecular complexity index is 1400. The van der Waals surface area contributed by atoms with Crippen LogP contribution in [-0.2, 0) is 37.5 Å². The van der Waals surface area contributed by atoms with Crippen LogP contribution in [0.25, 0.3) is 0 Å². The van der Waals surface area contributed by atoms with Gasteiger partial charge in [0.15, 0.2) is 6.10 Å². The number of phosphoric ester groups is 1. The lowest BCUT2D eigenvalue weighted by Crippen LogP contribution is -2.34. The quantitative estimate of drug-likeness (QED) is 0.0230. The van der Waals surface area contributed by atoms with Crippen LogP contribution in [-0.4, -0.2) is 59.9 Å². The third-order valence-electron chi connectivity index (χ3n) is 10.1. The van der Waals surface area contributed by atoms with E-state index >= 15 is 0 Å². The largest absolute Gasteiger partial charge is 0.480 e. The summed E-state index contributed by atoms with van der Waals surface area (Å²) in [4.78, 5) is 46.1. The number of nitrogens with two attached hydrogens (primary N) is 1. The average molecular weight is 918 g/mol. The second kappa shape index (κ2) is 46.2. The normalized spacial score (nSPS) is 14.3. The molecule has 0 aliphatic carbocycles. The van der Waals surface area contributed by atoms with Crippen molar-refractivity contribution < 1.29 is 47.5 Å². The molecule has 0 fully saturated rings. The molecule has 0 rings (SSSR count). The standard InChI is InChI=1S/C52H88NO10P/c1-3-5-7-9-11-13-15-17-19-21-23-24-26-27-29-31-33-35-37-39-41-43-50(54)60-45-48(46-61-64(58,59)62-47-49(53)52(56)57)63-51(55)44-42-40-38-36-34-32-30-28-25-22-20-18-16-14-12-10-8-6-4-2/h6,8,12,14,18,20-21,23,25,28,32,34,38,40,48-49H,3-5,7,9-11,13,15-17,19,22,24,26-27,29-31,33,35-37,39,41-47,53H2,1-2H3,(H,56,57)(H,58,59)/b8-6-,14-12-,20-18-,23-21-,28-25-,34-32-,40-38-. The van der Waals surface area contributed by atoms with Crippen molar-refractivity contribution in [2.24, 2.45) is 5.73 Å². The van der Waals surface area contributed by atoms with Gasteiger partial charge in [-0.25, -0.2) is 4.57 Å². The molecule has 0 amide bonds. The van der Waals surface area contributed by atoms with Crippen LogP contribution in [0.3, 0.4) is 0 Å². The molecule has 0 radical (unpaired) electrons. The van der Waals surface area contributed by atoms with Gasteiger partial charge in [-0.3, -0.25) is 23.4 Å². The predicted molar refractivity (Wildman–Crippen MR) is 263 cm³/mol. The van der Waals surface area contributed by atoms with E-state index in [1.807, 2.05) is 18.2 Å². The highest BCUT2D eigenvalue weighted by molar-refractivity contribution is 7.47. The Kier molecular flexibility index (Phi) is 43.8. The number of esters is 2. The molecule has 0 aromatic heterocycles. The van der Waals surface area contributed by atoms with Gasteiger partial charge in [-0.05, 0) is 77.0 Å². The van der Waals surface area contributed by atoms with Gasteiger partial charge in [0.05, 0.1) is 13.2 Å². The molecule has 4 N–H and O–H groups in total. The molecule has 0 saturated carbocycles. The molecule has 0 bridgehead atoms. The molecule has 12 heteroatoms. The third-order valence-corrected chi connectivity index (χ3v) is 11.1. The zero-order valence-corrected chi connectivity index (χ0v) is 40.7. The number of allylic oxidation sites excluding steroid dienone is 14.